The van der Waals surface area contributed by atoms with Crippen LogP contribution < -0.4 is 5.32 Å². The zero-order chi connectivity index (χ0) is 11.1. The third-order valence-electron chi connectivity index (χ3n) is 1.81. The number of hydrogen-bond acceptors (Lipinski definition) is 3. The van der Waals surface area contributed by atoms with Gasteiger partial charge in [0.2, 0.25) is 0 Å². The molecule has 0 radical (unpaired) electrons. The molecule has 0 aliphatic rings. The Hall–Kier alpha value is -0.450. The molecule has 0 saturated carbocycles. The molecule has 0 unspecified atom stereocenters. The Balaban J connectivity index is 2.15. The van der Waals surface area contributed by atoms with Crippen LogP contribution in [-0.2, 0) is 11.3 Å². The average molecular weight is 273 g/mol. The number of rotatable bonds is 6. The van der Waals surface area contributed by atoms with E-state index in [9.17, 15) is 0 Å². The zero-order valence-corrected chi connectivity index (χ0v) is 10.8. The molecule has 1 heterocycles. The van der Waals surface area contributed by atoms with Gasteiger partial charge in [-0.3, -0.25) is 0 Å². The molecule has 15 heavy (non-hydrogen) atoms. The molecule has 0 saturated heterocycles. The molecule has 1 aromatic heterocycles. The molecule has 3 nitrogen and oxygen atoms in total. The van der Waals surface area contributed by atoms with E-state index >= 15 is 0 Å². The summed E-state index contributed by atoms with van der Waals surface area (Å²) in [7, 11) is 0. The van der Waals surface area contributed by atoms with E-state index in [2.05, 4.69) is 26.2 Å². The second-order valence-corrected chi connectivity index (χ2v) is 4.36. The number of pyridine rings is 1. The minimum atomic E-state index is 0.302. The third kappa shape index (κ3) is 5.87. The van der Waals surface area contributed by atoms with Gasteiger partial charge in [0.15, 0.2) is 0 Å². The molecule has 0 amide bonds. The van der Waals surface area contributed by atoms with Gasteiger partial charge < -0.3 is 10.1 Å². The zero-order valence-electron chi connectivity index (χ0n) is 9.16. The minimum Gasteiger partial charge on any atom is -0.377 e. The number of nitrogens with one attached hydrogen (secondary N) is 1. The molecule has 1 N–H and O–H groups in total. The van der Waals surface area contributed by atoms with Gasteiger partial charge in [0.25, 0.3) is 0 Å². The van der Waals surface area contributed by atoms with Crippen molar-refractivity contribution in [1.82, 2.24) is 10.3 Å². The highest BCUT2D eigenvalue weighted by Gasteiger charge is 1.96. The molecule has 0 bridgehead atoms. The lowest BCUT2D eigenvalue weighted by Gasteiger charge is -2.08. The summed E-state index contributed by atoms with van der Waals surface area (Å²) in [5.74, 6) is 0. The number of aromatic nitrogens is 1. The molecule has 0 aromatic carbocycles. The van der Waals surface area contributed by atoms with Crippen LogP contribution in [0.5, 0.6) is 0 Å². The summed E-state index contributed by atoms with van der Waals surface area (Å²) in [6, 6.07) is 5.91. The Morgan fingerprint density at radius 3 is 2.93 bits per heavy atom. The maximum absolute atomic E-state index is 5.41. The maximum Gasteiger partial charge on any atom is 0.106 e. The molecule has 4 heteroatoms. The smallest absolute Gasteiger partial charge is 0.106 e. The molecule has 0 fully saturated rings. The molecule has 1 rings (SSSR count). The normalized spacial score (nSPS) is 10.9. The van der Waals surface area contributed by atoms with Gasteiger partial charge in [-0.25, -0.2) is 4.98 Å². The second kappa shape index (κ2) is 6.93. The molecule has 0 atom stereocenters. The molecule has 0 aliphatic heterocycles. The van der Waals surface area contributed by atoms with Crippen LogP contribution >= 0.6 is 15.9 Å². The van der Waals surface area contributed by atoms with Crippen molar-refractivity contribution in [2.75, 3.05) is 13.2 Å². The first-order valence-corrected chi connectivity index (χ1v) is 5.91. The lowest BCUT2D eigenvalue weighted by Crippen LogP contribution is -2.21. The van der Waals surface area contributed by atoms with Crippen LogP contribution in [0.2, 0.25) is 0 Å². The van der Waals surface area contributed by atoms with E-state index in [0.29, 0.717) is 6.10 Å². The predicted molar refractivity (Wildman–Crippen MR) is 64.7 cm³/mol. The summed E-state index contributed by atoms with van der Waals surface area (Å²) in [5.41, 5.74) is 1.04. The average Bonchev–Trinajstić information content (AvgIpc) is 2.17. The summed E-state index contributed by atoms with van der Waals surface area (Å²) in [4.78, 5) is 4.32. The van der Waals surface area contributed by atoms with Gasteiger partial charge in [-0.05, 0) is 41.9 Å². The van der Waals surface area contributed by atoms with E-state index in [1.165, 1.54) is 0 Å². The fourth-order valence-corrected chi connectivity index (χ4v) is 1.51. The van der Waals surface area contributed by atoms with E-state index < -0.39 is 0 Å². The van der Waals surface area contributed by atoms with Crippen molar-refractivity contribution in [3.8, 4) is 0 Å². The lowest BCUT2D eigenvalue weighted by atomic mass is 10.3. The van der Waals surface area contributed by atoms with Gasteiger partial charge in [0.1, 0.15) is 4.60 Å². The number of halogens is 1. The first-order valence-electron chi connectivity index (χ1n) is 5.12. The lowest BCUT2D eigenvalue weighted by molar-refractivity contribution is 0.0806. The van der Waals surface area contributed by atoms with E-state index in [1.54, 1.807) is 0 Å². The van der Waals surface area contributed by atoms with Crippen LogP contribution in [0.3, 0.4) is 0 Å². The molecule has 84 valence electrons. The van der Waals surface area contributed by atoms with Gasteiger partial charge in [0.05, 0.1) is 18.4 Å². The molecular formula is C11H17BrN2O. The molecule has 1 aromatic rings. The number of nitrogens with zero attached hydrogens (tertiary/aromatic N) is 1. The van der Waals surface area contributed by atoms with E-state index in [1.807, 2.05) is 32.0 Å². The van der Waals surface area contributed by atoms with Crippen LogP contribution in [0.15, 0.2) is 22.8 Å². The fourth-order valence-electron chi connectivity index (χ4n) is 1.13. The largest absolute Gasteiger partial charge is 0.377 e. The van der Waals surface area contributed by atoms with Crippen LogP contribution in [0, 0.1) is 0 Å². The summed E-state index contributed by atoms with van der Waals surface area (Å²) in [5, 5.41) is 3.28. The molecular weight excluding hydrogens is 256 g/mol. The highest BCUT2D eigenvalue weighted by molar-refractivity contribution is 9.10. The minimum absolute atomic E-state index is 0.302. The Kier molecular flexibility index (Phi) is 5.83. The Labute approximate surface area is 99.4 Å². The van der Waals surface area contributed by atoms with Crippen molar-refractivity contribution in [3.63, 3.8) is 0 Å². The van der Waals surface area contributed by atoms with Crippen LogP contribution in [0.1, 0.15) is 19.5 Å². The van der Waals surface area contributed by atoms with E-state index in [-0.39, 0.29) is 0 Å². The SMILES string of the molecule is CC(C)OCCNCc1cccc(Br)n1. The number of ether oxygens (including phenoxy) is 1. The van der Waals surface area contributed by atoms with Crippen molar-refractivity contribution in [2.45, 2.75) is 26.5 Å². The highest BCUT2D eigenvalue weighted by atomic mass is 79.9. The van der Waals surface area contributed by atoms with Gasteiger partial charge in [0, 0.05) is 13.1 Å². The van der Waals surface area contributed by atoms with Gasteiger partial charge in [-0.1, -0.05) is 6.07 Å². The summed E-state index contributed by atoms with van der Waals surface area (Å²) in [6.07, 6.45) is 0.302. The van der Waals surface area contributed by atoms with Crippen molar-refractivity contribution in [2.24, 2.45) is 0 Å². The van der Waals surface area contributed by atoms with Gasteiger partial charge >= 0.3 is 0 Å². The Bertz CT molecular complexity index is 292. The molecule has 0 aliphatic carbocycles. The van der Waals surface area contributed by atoms with Crippen LogP contribution in [0.25, 0.3) is 0 Å². The Morgan fingerprint density at radius 2 is 2.27 bits per heavy atom. The van der Waals surface area contributed by atoms with Crippen LogP contribution in [-0.4, -0.2) is 24.2 Å². The third-order valence-corrected chi connectivity index (χ3v) is 2.25. The summed E-state index contributed by atoms with van der Waals surface area (Å²) in [6.45, 7) is 6.45. The molecule has 0 spiro atoms. The fraction of sp³-hybridized carbons (Fsp3) is 0.545. The van der Waals surface area contributed by atoms with Crippen molar-refractivity contribution in [3.05, 3.63) is 28.5 Å². The Morgan fingerprint density at radius 1 is 1.47 bits per heavy atom. The summed E-state index contributed by atoms with van der Waals surface area (Å²) < 4.78 is 6.29. The quantitative estimate of drug-likeness (QED) is 0.638. The van der Waals surface area contributed by atoms with E-state index in [4.69, 9.17) is 4.74 Å². The standard InChI is InChI=1S/C11H17BrN2O/c1-9(2)15-7-6-13-8-10-4-3-5-11(12)14-10/h3-5,9,13H,6-8H2,1-2H3. The monoisotopic (exact) mass is 272 g/mol. The van der Waals surface area contributed by atoms with Crippen molar-refractivity contribution < 1.29 is 4.74 Å². The first-order chi connectivity index (χ1) is 7.18. The number of hydrogen-bond donors (Lipinski definition) is 1. The van der Waals surface area contributed by atoms with Gasteiger partial charge in [-0.2, -0.15) is 0 Å². The van der Waals surface area contributed by atoms with E-state index in [0.717, 1.165) is 30.0 Å². The topological polar surface area (TPSA) is 34.1 Å². The van der Waals surface area contributed by atoms with Crippen molar-refractivity contribution in [1.29, 1.82) is 0 Å². The predicted octanol–water partition coefficient (Wildman–Crippen LogP) is 2.36. The highest BCUT2D eigenvalue weighted by Crippen LogP contribution is 2.05. The van der Waals surface area contributed by atoms with Crippen LogP contribution in [0.4, 0.5) is 0 Å². The second-order valence-electron chi connectivity index (χ2n) is 3.55. The maximum atomic E-state index is 5.41. The summed E-state index contributed by atoms with van der Waals surface area (Å²) >= 11 is 3.34. The van der Waals surface area contributed by atoms with Gasteiger partial charge in [-0.15, -0.1) is 0 Å². The first kappa shape index (κ1) is 12.6. The van der Waals surface area contributed by atoms with Crippen molar-refractivity contribution >= 4 is 15.9 Å².